The largest absolute Gasteiger partial charge is 0.862 e. The molecule has 1 aliphatic heterocycles. The highest BCUT2D eigenvalue weighted by Gasteiger charge is 2.24. The number of hydrogen-bond donors (Lipinski definition) is 1. The molecule has 0 bridgehead atoms. The average molecular weight is 270 g/mol. The van der Waals surface area contributed by atoms with Crippen molar-refractivity contribution in [1.29, 1.82) is 0 Å². The molecule has 0 amide bonds. The quantitative estimate of drug-likeness (QED) is 0.385. The van der Waals surface area contributed by atoms with Gasteiger partial charge in [-0.1, -0.05) is 0 Å². The highest BCUT2D eigenvalue weighted by Crippen LogP contribution is 2.14. The Labute approximate surface area is 110 Å². The Hall–Kier alpha value is -1.51. The maximum atomic E-state index is 10.9. The number of nitrogens with zero attached hydrogens (tertiary/aromatic N) is 4. The molecule has 8 nitrogen and oxygen atoms in total. The second-order valence-corrected chi connectivity index (χ2v) is 4.29. The number of aliphatic hydroxyl groups is 1. The molecule has 0 unspecified atom stereocenters. The van der Waals surface area contributed by atoms with Crippen molar-refractivity contribution in [2.45, 2.75) is 20.1 Å². The normalized spacial score (nSPS) is 17.9. The van der Waals surface area contributed by atoms with Crippen LogP contribution in [0, 0.1) is 0 Å². The minimum absolute atomic E-state index is 0.0805. The fourth-order valence-electron chi connectivity index (χ4n) is 1.91. The van der Waals surface area contributed by atoms with E-state index in [4.69, 9.17) is 9.26 Å². The molecule has 0 saturated carbocycles. The van der Waals surface area contributed by atoms with Crippen LogP contribution in [0.4, 0.5) is 5.88 Å². The van der Waals surface area contributed by atoms with Gasteiger partial charge in [0.2, 0.25) is 5.27 Å². The van der Waals surface area contributed by atoms with Gasteiger partial charge in [0.1, 0.15) is 6.61 Å². The summed E-state index contributed by atoms with van der Waals surface area (Å²) in [6.07, 6.45) is 0. The van der Waals surface area contributed by atoms with Crippen molar-refractivity contribution < 1.29 is 24.2 Å². The zero-order chi connectivity index (χ0) is 13.7. The topological polar surface area (TPSA) is 98.0 Å². The van der Waals surface area contributed by atoms with E-state index in [0.29, 0.717) is 12.2 Å². The van der Waals surface area contributed by atoms with E-state index in [0.717, 1.165) is 32.8 Å². The molecule has 1 aliphatic rings. The third-order valence-corrected chi connectivity index (χ3v) is 2.92. The molecule has 0 aromatic carbocycles. The lowest BCUT2D eigenvalue weighted by molar-refractivity contribution is -0.769. The van der Waals surface area contributed by atoms with Crippen molar-refractivity contribution in [2.75, 3.05) is 32.8 Å². The van der Waals surface area contributed by atoms with Gasteiger partial charge in [-0.05, 0) is 17.5 Å². The van der Waals surface area contributed by atoms with Crippen LogP contribution < -0.4 is 9.79 Å². The van der Waals surface area contributed by atoms with Crippen LogP contribution in [0.5, 0.6) is 0 Å². The maximum Gasteiger partial charge on any atom is 0.326 e. The molecule has 1 saturated heterocycles. The van der Waals surface area contributed by atoms with Crippen molar-refractivity contribution in [3.63, 3.8) is 0 Å². The Morgan fingerprint density at radius 3 is 2.89 bits per heavy atom. The van der Waals surface area contributed by atoms with Gasteiger partial charge in [-0.2, -0.15) is 0 Å². The highest BCUT2D eigenvalue weighted by atomic mass is 16.5. The summed E-state index contributed by atoms with van der Waals surface area (Å²) in [6, 6.07) is 0. The summed E-state index contributed by atoms with van der Waals surface area (Å²) in [5.74, 6) is -0.303. The van der Waals surface area contributed by atoms with Gasteiger partial charge in [0.25, 0.3) is 0 Å². The molecular formula is C11H18N4O4. The lowest BCUT2D eigenvalue weighted by Crippen LogP contribution is -2.47. The third-order valence-electron chi connectivity index (χ3n) is 2.92. The predicted octanol–water partition coefficient (Wildman–Crippen LogP) is -1.80. The summed E-state index contributed by atoms with van der Waals surface area (Å²) in [5.41, 5.74) is 0.420. The second kappa shape index (κ2) is 6.60. The van der Waals surface area contributed by atoms with E-state index in [2.05, 4.69) is 15.2 Å². The number of aromatic nitrogens is 2. The first-order valence-corrected chi connectivity index (χ1v) is 6.22. The number of hydrogen-bond acceptors (Lipinski definition) is 7. The van der Waals surface area contributed by atoms with Crippen LogP contribution in [-0.2, 0) is 17.9 Å². The number of aliphatic imine (C=N–C) groups is 1. The molecule has 8 heteroatoms. The maximum absolute atomic E-state index is 10.9. The second-order valence-electron chi connectivity index (χ2n) is 4.29. The fourth-order valence-corrected chi connectivity index (χ4v) is 1.91. The van der Waals surface area contributed by atoms with Crippen molar-refractivity contribution >= 4 is 11.8 Å². The zero-order valence-electron chi connectivity index (χ0n) is 10.9. The minimum Gasteiger partial charge on any atom is -0.862 e. The Bertz CT molecular complexity index is 436. The van der Waals surface area contributed by atoms with Crippen LogP contribution >= 0.6 is 0 Å². The summed E-state index contributed by atoms with van der Waals surface area (Å²) in [5, 5.41) is 24.0. The Morgan fingerprint density at radius 2 is 2.26 bits per heavy atom. The van der Waals surface area contributed by atoms with Gasteiger partial charge in [0.15, 0.2) is 6.54 Å². The Morgan fingerprint density at radius 1 is 1.53 bits per heavy atom. The van der Waals surface area contributed by atoms with Crippen molar-refractivity contribution in [3.8, 4) is 0 Å². The molecule has 0 radical (unpaired) electrons. The van der Waals surface area contributed by atoms with Crippen molar-refractivity contribution in [2.24, 2.45) is 4.99 Å². The van der Waals surface area contributed by atoms with E-state index in [1.54, 1.807) is 0 Å². The first-order valence-electron chi connectivity index (χ1n) is 6.22. The SMILES string of the molecule is C/C([O-])=N/c1on[n+](CCN2CCOCC2)c1CO. The van der Waals surface area contributed by atoms with E-state index in [-0.39, 0.29) is 18.4 Å². The van der Waals surface area contributed by atoms with E-state index < -0.39 is 0 Å². The number of rotatable bonds is 5. The summed E-state index contributed by atoms with van der Waals surface area (Å²) >= 11 is 0. The van der Waals surface area contributed by atoms with Gasteiger partial charge >= 0.3 is 11.6 Å². The van der Waals surface area contributed by atoms with E-state index in [1.807, 2.05) is 0 Å². The summed E-state index contributed by atoms with van der Waals surface area (Å²) < 4.78 is 11.8. The van der Waals surface area contributed by atoms with Gasteiger partial charge in [-0.15, -0.1) is 0 Å². The van der Waals surface area contributed by atoms with Crippen LogP contribution in [0.3, 0.4) is 0 Å². The van der Waals surface area contributed by atoms with Gasteiger partial charge in [-0.25, -0.2) is 4.99 Å². The number of ether oxygens (including phenoxy) is 1. The van der Waals surface area contributed by atoms with Crippen molar-refractivity contribution in [3.05, 3.63) is 5.69 Å². The predicted molar refractivity (Wildman–Crippen MR) is 62.6 cm³/mol. The van der Waals surface area contributed by atoms with Crippen LogP contribution in [0.2, 0.25) is 0 Å². The van der Waals surface area contributed by atoms with Gasteiger partial charge in [-0.3, -0.25) is 9.42 Å². The standard InChI is InChI=1S/C11H18N4O4/c1-9(17)12-11-10(8-16)15(13-19-11)3-2-14-4-6-18-7-5-14/h16H,2-8H2,1H3. The van der Waals surface area contributed by atoms with E-state index >= 15 is 0 Å². The van der Waals surface area contributed by atoms with Crippen molar-refractivity contribution in [1.82, 2.24) is 10.2 Å². The van der Waals surface area contributed by atoms with E-state index in [9.17, 15) is 10.2 Å². The molecule has 0 aliphatic carbocycles. The Kier molecular flexibility index (Phi) is 4.83. The molecule has 1 aromatic rings. The van der Waals surface area contributed by atoms with Gasteiger partial charge in [0, 0.05) is 13.1 Å². The summed E-state index contributed by atoms with van der Waals surface area (Å²) in [6.45, 7) is 5.66. The van der Waals surface area contributed by atoms with Crippen LogP contribution in [0.1, 0.15) is 12.6 Å². The first kappa shape index (κ1) is 13.9. The summed E-state index contributed by atoms with van der Waals surface area (Å²) in [4.78, 5) is 5.91. The smallest absolute Gasteiger partial charge is 0.326 e. The fraction of sp³-hybridized carbons (Fsp3) is 0.727. The van der Waals surface area contributed by atoms with Crippen LogP contribution in [0.15, 0.2) is 9.52 Å². The third kappa shape index (κ3) is 3.72. The molecular weight excluding hydrogens is 252 g/mol. The highest BCUT2D eigenvalue weighted by molar-refractivity contribution is 5.71. The minimum atomic E-state index is -0.383. The van der Waals surface area contributed by atoms with Gasteiger partial charge < -0.3 is 14.9 Å². The lowest BCUT2D eigenvalue weighted by atomic mass is 10.4. The molecule has 2 rings (SSSR count). The molecule has 106 valence electrons. The molecule has 0 spiro atoms. The zero-order valence-corrected chi connectivity index (χ0v) is 10.9. The monoisotopic (exact) mass is 270 g/mol. The Balaban J connectivity index is 1.99. The summed E-state index contributed by atoms with van der Waals surface area (Å²) in [7, 11) is 0. The number of morpholine rings is 1. The van der Waals surface area contributed by atoms with Gasteiger partial charge in [0.05, 0.1) is 19.8 Å². The molecule has 2 heterocycles. The van der Waals surface area contributed by atoms with Crippen LogP contribution in [-0.4, -0.2) is 54.0 Å². The first-order chi connectivity index (χ1) is 9.20. The molecule has 1 N–H and O–H groups in total. The molecule has 1 fully saturated rings. The average Bonchev–Trinajstić information content (AvgIpc) is 2.78. The van der Waals surface area contributed by atoms with E-state index in [1.165, 1.54) is 11.6 Å². The molecule has 0 atom stereocenters. The molecule has 1 aromatic heterocycles. The lowest BCUT2D eigenvalue weighted by Gasteiger charge is -2.24. The van der Waals surface area contributed by atoms with Crippen LogP contribution in [0.25, 0.3) is 0 Å². The molecule has 19 heavy (non-hydrogen) atoms. The number of aliphatic hydroxyl groups excluding tert-OH is 1.